The molecule has 0 bridgehead atoms. The topological polar surface area (TPSA) is 96.0 Å². The Kier molecular flexibility index (Phi) is 5.01. The van der Waals surface area contributed by atoms with Gasteiger partial charge in [0, 0.05) is 12.6 Å². The summed E-state index contributed by atoms with van der Waals surface area (Å²) in [6.45, 7) is 7.25. The predicted molar refractivity (Wildman–Crippen MR) is 76.4 cm³/mol. The zero-order valence-corrected chi connectivity index (χ0v) is 12.4. The molecule has 1 rings (SSSR count). The number of nitrogens with zero attached hydrogens (tertiary/aromatic N) is 2. The van der Waals surface area contributed by atoms with Gasteiger partial charge >= 0.3 is 0 Å². The minimum absolute atomic E-state index is 0.159. The molecule has 0 aliphatic carbocycles. The molecule has 1 heterocycles. The Labute approximate surface area is 118 Å². The fraction of sp³-hybridized carbons (Fsp3) is 0.538. The molecule has 1 unspecified atom stereocenters. The number of hydrogen-bond donors (Lipinski definition) is 3. The van der Waals surface area contributed by atoms with E-state index in [1.165, 1.54) is 12.4 Å². The molecular weight excluding hydrogens is 258 g/mol. The molecule has 3 N–H and O–H groups in total. The van der Waals surface area contributed by atoms with Crippen molar-refractivity contribution in [3.05, 3.63) is 18.1 Å². The molecule has 0 aliphatic rings. The van der Waals surface area contributed by atoms with Crippen LogP contribution in [0.2, 0.25) is 0 Å². The first-order valence-electron chi connectivity index (χ1n) is 6.35. The van der Waals surface area contributed by atoms with Gasteiger partial charge in [-0.25, -0.2) is 4.98 Å². The van der Waals surface area contributed by atoms with Gasteiger partial charge in [0.2, 0.25) is 5.91 Å². The van der Waals surface area contributed by atoms with E-state index in [0.717, 1.165) is 0 Å². The second-order valence-electron chi connectivity index (χ2n) is 5.47. The summed E-state index contributed by atoms with van der Waals surface area (Å²) in [6, 6.07) is -0.651. The molecule has 0 spiro atoms. The van der Waals surface area contributed by atoms with Crippen LogP contribution in [0, 0.1) is 0 Å². The molecule has 20 heavy (non-hydrogen) atoms. The molecular formula is C13H21N5O2. The van der Waals surface area contributed by atoms with Gasteiger partial charge in [-0.1, -0.05) is 0 Å². The summed E-state index contributed by atoms with van der Waals surface area (Å²) in [5.41, 5.74) is -0.186. The quantitative estimate of drug-likeness (QED) is 0.748. The lowest BCUT2D eigenvalue weighted by Crippen LogP contribution is -2.50. The van der Waals surface area contributed by atoms with Crippen molar-refractivity contribution in [1.82, 2.24) is 20.6 Å². The van der Waals surface area contributed by atoms with Crippen molar-refractivity contribution in [2.45, 2.75) is 39.3 Å². The third-order valence-corrected chi connectivity index (χ3v) is 2.36. The van der Waals surface area contributed by atoms with Crippen LogP contribution in [-0.2, 0) is 4.79 Å². The molecule has 110 valence electrons. The van der Waals surface area contributed by atoms with E-state index in [1.54, 1.807) is 14.0 Å². The number of aromatic nitrogens is 2. The SMILES string of the molecule is CNc1cncc(C(=O)NC(C)C(=O)NC(C)(C)C)n1. The molecule has 1 aromatic heterocycles. The number of carbonyl (C=O) groups excluding carboxylic acids is 2. The monoisotopic (exact) mass is 279 g/mol. The molecule has 7 heteroatoms. The van der Waals surface area contributed by atoms with E-state index >= 15 is 0 Å². The normalized spacial score (nSPS) is 12.4. The Morgan fingerprint density at radius 3 is 2.45 bits per heavy atom. The van der Waals surface area contributed by atoms with E-state index in [-0.39, 0.29) is 17.1 Å². The second kappa shape index (κ2) is 6.31. The van der Waals surface area contributed by atoms with Gasteiger partial charge in [0.1, 0.15) is 17.6 Å². The maximum Gasteiger partial charge on any atom is 0.272 e. The van der Waals surface area contributed by atoms with Gasteiger partial charge in [0.15, 0.2) is 0 Å². The Bertz CT molecular complexity index is 496. The number of rotatable bonds is 4. The highest BCUT2D eigenvalue weighted by Gasteiger charge is 2.21. The third kappa shape index (κ3) is 4.83. The Morgan fingerprint density at radius 2 is 1.90 bits per heavy atom. The highest BCUT2D eigenvalue weighted by Crippen LogP contribution is 2.02. The summed E-state index contributed by atoms with van der Waals surface area (Å²) in [4.78, 5) is 31.8. The first kappa shape index (κ1) is 15.9. The van der Waals surface area contributed by atoms with Crippen molar-refractivity contribution in [1.29, 1.82) is 0 Å². The minimum Gasteiger partial charge on any atom is -0.372 e. The van der Waals surface area contributed by atoms with E-state index in [2.05, 4.69) is 25.9 Å². The van der Waals surface area contributed by atoms with E-state index in [4.69, 9.17) is 0 Å². The molecule has 1 aromatic rings. The smallest absolute Gasteiger partial charge is 0.272 e. The highest BCUT2D eigenvalue weighted by molar-refractivity contribution is 5.96. The number of hydrogen-bond acceptors (Lipinski definition) is 5. The van der Waals surface area contributed by atoms with Crippen LogP contribution in [0.1, 0.15) is 38.2 Å². The molecule has 0 radical (unpaired) electrons. The molecule has 2 amide bonds. The summed E-state index contributed by atoms with van der Waals surface area (Å²) in [5.74, 6) is -0.195. The fourth-order valence-corrected chi connectivity index (χ4v) is 1.41. The highest BCUT2D eigenvalue weighted by atomic mass is 16.2. The molecule has 0 aliphatic heterocycles. The van der Waals surface area contributed by atoms with Gasteiger partial charge in [-0.15, -0.1) is 0 Å². The van der Waals surface area contributed by atoms with E-state index in [1.807, 2.05) is 20.8 Å². The lowest BCUT2D eigenvalue weighted by molar-refractivity contribution is -0.124. The summed E-state index contributed by atoms with van der Waals surface area (Å²) in [6.07, 6.45) is 2.86. The maximum absolute atomic E-state index is 12.0. The summed E-state index contributed by atoms with van der Waals surface area (Å²) in [7, 11) is 1.69. The fourth-order valence-electron chi connectivity index (χ4n) is 1.41. The summed E-state index contributed by atoms with van der Waals surface area (Å²) in [5, 5.41) is 8.18. The first-order valence-corrected chi connectivity index (χ1v) is 6.35. The lowest BCUT2D eigenvalue weighted by atomic mass is 10.1. The first-order chi connectivity index (χ1) is 9.23. The number of nitrogens with one attached hydrogen (secondary N) is 3. The molecule has 1 atom stereocenters. The van der Waals surface area contributed by atoms with Crippen LogP contribution >= 0.6 is 0 Å². The van der Waals surface area contributed by atoms with Crippen LogP contribution in [0.4, 0.5) is 5.82 Å². The number of anilines is 1. The summed E-state index contributed by atoms with van der Waals surface area (Å²) >= 11 is 0. The van der Waals surface area contributed by atoms with Crippen molar-refractivity contribution < 1.29 is 9.59 Å². The zero-order chi connectivity index (χ0) is 15.3. The third-order valence-electron chi connectivity index (χ3n) is 2.36. The molecule has 0 saturated heterocycles. The molecule has 7 nitrogen and oxygen atoms in total. The van der Waals surface area contributed by atoms with Crippen LogP contribution in [0.3, 0.4) is 0 Å². The molecule has 0 fully saturated rings. The van der Waals surface area contributed by atoms with Gasteiger partial charge in [-0.3, -0.25) is 14.6 Å². The summed E-state index contributed by atoms with van der Waals surface area (Å²) < 4.78 is 0. The van der Waals surface area contributed by atoms with Crippen LogP contribution in [0.25, 0.3) is 0 Å². The maximum atomic E-state index is 12.0. The van der Waals surface area contributed by atoms with E-state index in [9.17, 15) is 9.59 Å². The lowest BCUT2D eigenvalue weighted by Gasteiger charge is -2.23. The number of amides is 2. The van der Waals surface area contributed by atoms with Crippen molar-refractivity contribution in [3.8, 4) is 0 Å². The van der Waals surface area contributed by atoms with Gasteiger partial charge < -0.3 is 16.0 Å². The molecule has 0 saturated carbocycles. The van der Waals surface area contributed by atoms with Gasteiger partial charge in [-0.2, -0.15) is 0 Å². The predicted octanol–water partition coefficient (Wildman–Crippen LogP) is 0.551. The number of carbonyl (C=O) groups is 2. The van der Waals surface area contributed by atoms with Crippen molar-refractivity contribution >= 4 is 17.6 Å². The van der Waals surface area contributed by atoms with Crippen molar-refractivity contribution in [3.63, 3.8) is 0 Å². The van der Waals surface area contributed by atoms with Gasteiger partial charge in [0.05, 0.1) is 12.4 Å². The van der Waals surface area contributed by atoms with Gasteiger partial charge in [0.25, 0.3) is 5.91 Å². The van der Waals surface area contributed by atoms with E-state index < -0.39 is 11.9 Å². The van der Waals surface area contributed by atoms with Crippen LogP contribution in [0.5, 0.6) is 0 Å². The van der Waals surface area contributed by atoms with Crippen molar-refractivity contribution in [2.24, 2.45) is 0 Å². The Hall–Kier alpha value is -2.18. The largest absolute Gasteiger partial charge is 0.372 e. The second-order valence-corrected chi connectivity index (χ2v) is 5.47. The van der Waals surface area contributed by atoms with Crippen LogP contribution in [0.15, 0.2) is 12.4 Å². The van der Waals surface area contributed by atoms with Crippen molar-refractivity contribution in [2.75, 3.05) is 12.4 Å². The minimum atomic E-state index is -0.651. The molecule has 0 aromatic carbocycles. The van der Waals surface area contributed by atoms with Crippen LogP contribution < -0.4 is 16.0 Å². The van der Waals surface area contributed by atoms with Gasteiger partial charge in [-0.05, 0) is 27.7 Å². The average molecular weight is 279 g/mol. The van der Waals surface area contributed by atoms with Crippen LogP contribution in [-0.4, -0.2) is 40.4 Å². The average Bonchev–Trinajstić information content (AvgIpc) is 2.36. The Balaban J connectivity index is 2.67. The zero-order valence-electron chi connectivity index (χ0n) is 12.4. The standard InChI is InChI=1S/C13H21N5O2/c1-8(11(19)18-13(2,3)4)16-12(20)9-6-15-7-10(14-5)17-9/h6-8H,1-5H3,(H,14,17)(H,16,20)(H,18,19). The van der Waals surface area contributed by atoms with E-state index in [0.29, 0.717) is 5.82 Å². The Morgan fingerprint density at radius 1 is 1.25 bits per heavy atom.